The summed E-state index contributed by atoms with van der Waals surface area (Å²) in [5.41, 5.74) is 3.35. The molecule has 2 rings (SSSR count). The van der Waals surface area contributed by atoms with Gasteiger partial charge in [0.05, 0.1) is 6.61 Å². The van der Waals surface area contributed by atoms with Crippen LogP contribution in [-0.2, 0) is 19.7 Å². The zero-order chi connectivity index (χ0) is 24.7. The Hall–Kier alpha value is -1.86. The van der Waals surface area contributed by atoms with E-state index in [0.717, 1.165) is 54.4 Å². The molecule has 0 aliphatic carbocycles. The molecule has 0 fully saturated rings. The molecule has 0 aromatic heterocycles. The molecule has 0 aliphatic heterocycles. The summed E-state index contributed by atoms with van der Waals surface area (Å²) < 4.78 is 23.9. The maximum absolute atomic E-state index is 10.1. The molecule has 2 aromatic carbocycles. The van der Waals surface area contributed by atoms with Crippen LogP contribution in [0.15, 0.2) is 42.5 Å². The molecule has 0 bridgehead atoms. The van der Waals surface area contributed by atoms with Crippen LogP contribution in [0.25, 0.3) is 11.1 Å². The minimum Gasteiger partial charge on any atom is -0.508 e. The lowest BCUT2D eigenvalue weighted by molar-refractivity contribution is 0.0708. The van der Waals surface area contributed by atoms with Crippen LogP contribution in [0.3, 0.4) is 0 Å². The van der Waals surface area contributed by atoms with Gasteiger partial charge < -0.3 is 23.1 Å². The summed E-state index contributed by atoms with van der Waals surface area (Å²) in [5.74, 6) is 1.19. The molecule has 0 saturated carbocycles. The lowest BCUT2D eigenvalue weighted by Gasteiger charge is -2.28. The minimum atomic E-state index is -2.67. The summed E-state index contributed by atoms with van der Waals surface area (Å²) in [7, 11) is -2.67. The normalized spacial score (nSPS) is 11.6. The van der Waals surface area contributed by atoms with E-state index in [9.17, 15) is 5.11 Å². The van der Waals surface area contributed by atoms with Crippen molar-refractivity contribution in [3.8, 4) is 22.6 Å². The van der Waals surface area contributed by atoms with Crippen LogP contribution >= 0.6 is 0 Å². The minimum absolute atomic E-state index is 0.282. The highest BCUT2D eigenvalue weighted by Crippen LogP contribution is 2.31. The highest BCUT2D eigenvalue weighted by atomic mass is 28.4. The Kier molecular flexibility index (Phi) is 13.3. The topological polar surface area (TPSA) is 57.2 Å². The van der Waals surface area contributed by atoms with Crippen LogP contribution in [-0.4, -0.2) is 40.3 Å². The van der Waals surface area contributed by atoms with Crippen molar-refractivity contribution in [3.05, 3.63) is 48.0 Å². The number of aromatic hydroxyl groups is 1. The zero-order valence-corrected chi connectivity index (χ0v) is 22.6. The Morgan fingerprint density at radius 3 is 2.00 bits per heavy atom. The third-order valence-corrected chi connectivity index (χ3v) is 8.94. The van der Waals surface area contributed by atoms with Crippen molar-refractivity contribution >= 4 is 8.80 Å². The Morgan fingerprint density at radius 1 is 0.735 bits per heavy atom. The number of phenols is 1. The molecule has 190 valence electrons. The fourth-order valence-electron chi connectivity index (χ4n) is 4.19. The zero-order valence-electron chi connectivity index (χ0n) is 21.6. The van der Waals surface area contributed by atoms with E-state index < -0.39 is 8.80 Å². The molecule has 0 radical (unpaired) electrons. The molecule has 2 aromatic rings. The molecule has 0 aliphatic rings. The highest BCUT2D eigenvalue weighted by molar-refractivity contribution is 6.60. The molecular weight excluding hydrogens is 444 g/mol. The van der Waals surface area contributed by atoms with Gasteiger partial charge in [0.1, 0.15) is 11.5 Å². The summed E-state index contributed by atoms with van der Waals surface area (Å²) in [6.07, 6.45) is 7.84. The van der Waals surface area contributed by atoms with Gasteiger partial charge in [0.15, 0.2) is 0 Å². The van der Waals surface area contributed by atoms with E-state index in [2.05, 4.69) is 19.1 Å². The monoisotopic (exact) mass is 488 g/mol. The number of aryl methyl sites for hydroxylation is 1. The van der Waals surface area contributed by atoms with E-state index in [0.29, 0.717) is 19.8 Å². The Balaban J connectivity index is 2.02. The van der Waals surface area contributed by atoms with Crippen LogP contribution in [0.4, 0.5) is 0 Å². The van der Waals surface area contributed by atoms with Crippen molar-refractivity contribution in [1.82, 2.24) is 0 Å². The fraction of sp³-hybridized carbons (Fsp3) is 0.571. The first-order valence-electron chi connectivity index (χ1n) is 13.0. The van der Waals surface area contributed by atoms with Crippen LogP contribution in [0, 0.1) is 0 Å². The first-order chi connectivity index (χ1) is 16.6. The van der Waals surface area contributed by atoms with Crippen LogP contribution in [0.5, 0.6) is 11.5 Å². The van der Waals surface area contributed by atoms with E-state index in [-0.39, 0.29) is 5.75 Å². The Morgan fingerprint density at radius 2 is 1.38 bits per heavy atom. The molecule has 6 heteroatoms. The Labute approximate surface area is 207 Å². The van der Waals surface area contributed by atoms with E-state index in [4.69, 9.17) is 18.0 Å². The lowest BCUT2D eigenvalue weighted by atomic mass is 9.96. The van der Waals surface area contributed by atoms with Crippen LogP contribution < -0.4 is 4.74 Å². The summed E-state index contributed by atoms with van der Waals surface area (Å²) in [5, 5.41) is 10.1. The quantitative estimate of drug-likeness (QED) is 0.175. The third-order valence-electron chi connectivity index (χ3n) is 5.79. The van der Waals surface area contributed by atoms with Gasteiger partial charge in [-0.05, 0) is 81.0 Å². The number of hydrogen-bond donors (Lipinski definition) is 1. The van der Waals surface area contributed by atoms with Gasteiger partial charge >= 0.3 is 8.80 Å². The first kappa shape index (κ1) is 28.4. The first-order valence-corrected chi connectivity index (χ1v) is 15.0. The molecule has 0 unspecified atom stereocenters. The van der Waals surface area contributed by atoms with Crippen molar-refractivity contribution in [2.24, 2.45) is 0 Å². The Bertz CT molecular complexity index is 792. The number of rotatable bonds is 18. The SMILES string of the molecule is CCCCCCCOc1ccc(-c2ccc(O)cc2CCC[Si](OCC)(OCC)OCC)cc1. The van der Waals surface area contributed by atoms with Crippen molar-refractivity contribution < 1.29 is 23.1 Å². The van der Waals surface area contributed by atoms with E-state index in [1.165, 1.54) is 25.7 Å². The number of ether oxygens (including phenoxy) is 1. The molecule has 0 heterocycles. The van der Waals surface area contributed by atoms with Crippen molar-refractivity contribution in [3.63, 3.8) is 0 Å². The summed E-state index contributed by atoms with van der Waals surface area (Å²) >= 11 is 0. The van der Waals surface area contributed by atoms with Gasteiger partial charge in [-0.15, -0.1) is 0 Å². The predicted octanol–water partition coefficient (Wildman–Crippen LogP) is 7.39. The molecule has 0 saturated heterocycles. The van der Waals surface area contributed by atoms with E-state index in [1.54, 1.807) is 6.07 Å². The number of hydrogen-bond acceptors (Lipinski definition) is 5. The van der Waals surface area contributed by atoms with E-state index in [1.807, 2.05) is 45.0 Å². The van der Waals surface area contributed by atoms with Gasteiger partial charge in [-0.1, -0.05) is 50.8 Å². The van der Waals surface area contributed by atoms with Gasteiger partial charge in [0, 0.05) is 25.9 Å². The molecule has 0 atom stereocenters. The van der Waals surface area contributed by atoms with Crippen LogP contribution in [0.1, 0.15) is 71.8 Å². The average Bonchev–Trinajstić information content (AvgIpc) is 2.82. The summed E-state index contributed by atoms with van der Waals surface area (Å²) in [4.78, 5) is 0. The largest absolute Gasteiger partial charge is 0.508 e. The van der Waals surface area contributed by atoms with Gasteiger partial charge in [-0.3, -0.25) is 0 Å². The van der Waals surface area contributed by atoms with Gasteiger partial charge in [-0.25, -0.2) is 0 Å². The summed E-state index contributed by atoms with van der Waals surface area (Å²) in [6, 6.07) is 14.6. The third kappa shape index (κ3) is 9.41. The van der Waals surface area contributed by atoms with Gasteiger partial charge in [0.2, 0.25) is 0 Å². The maximum atomic E-state index is 10.1. The second kappa shape index (κ2) is 15.9. The van der Waals surface area contributed by atoms with Crippen molar-refractivity contribution in [2.75, 3.05) is 26.4 Å². The number of phenolic OH excluding ortho intramolecular Hbond substituents is 1. The molecule has 0 amide bonds. The van der Waals surface area contributed by atoms with Gasteiger partial charge in [0.25, 0.3) is 0 Å². The second-order valence-electron chi connectivity index (χ2n) is 8.46. The maximum Gasteiger partial charge on any atom is 0.500 e. The molecule has 34 heavy (non-hydrogen) atoms. The predicted molar refractivity (Wildman–Crippen MR) is 142 cm³/mol. The number of unbranched alkanes of at least 4 members (excludes halogenated alkanes) is 4. The number of benzene rings is 2. The van der Waals surface area contributed by atoms with Crippen molar-refractivity contribution in [2.45, 2.75) is 78.7 Å². The molecule has 1 N–H and O–H groups in total. The smallest absolute Gasteiger partial charge is 0.500 e. The second-order valence-corrected chi connectivity index (χ2v) is 11.2. The molecule has 5 nitrogen and oxygen atoms in total. The standard InChI is InChI=1S/C28H44O5Si/c1-5-9-10-11-12-21-30-27-18-15-24(16-19-27)28-20-17-26(29)23-25(28)14-13-22-34(31-6-2,32-7-3)33-8-4/h15-20,23,29H,5-14,21-22H2,1-4H3. The van der Waals surface area contributed by atoms with Gasteiger partial charge in [-0.2, -0.15) is 0 Å². The summed E-state index contributed by atoms with van der Waals surface area (Å²) in [6.45, 7) is 10.7. The fourth-order valence-corrected chi connectivity index (χ4v) is 6.80. The molecular formula is C28H44O5Si. The lowest BCUT2D eigenvalue weighted by Crippen LogP contribution is -2.46. The molecule has 0 spiro atoms. The highest BCUT2D eigenvalue weighted by Gasteiger charge is 2.39. The average molecular weight is 489 g/mol. The van der Waals surface area contributed by atoms with Crippen LogP contribution in [0.2, 0.25) is 6.04 Å². The van der Waals surface area contributed by atoms with Crippen molar-refractivity contribution in [1.29, 1.82) is 0 Å². The van der Waals surface area contributed by atoms with E-state index >= 15 is 0 Å².